The van der Waals surface area contributed by atoms with Gasteiger partial charge in [-0.3, -0.25) is 4.98 Å². The highest BCUT2D eigenvalue weighted by atomic mass is 19.1. The summed E-state index contributed by atoms with van der Waals surface area (Å²) in [6, 6.07) is 3.59. The molecular formula is C14H11F3N2. The third-order valence-corrected chi connectivity index (χ3v) is 3.29. The molecule has 0 unspecified atom stereocenters. The van der Waals surface area contributed by atoms with E-state index >= 15 is 0 Å². The first kappa shape index (κ1) is 12.2. The largest absolute Gasteiger partial charge is 0.312 e. The number of aromatic nitrogens is 1. The number of benzene rings is 1. The molecule has 0 radical (unpaired) electrons. The molecule has 2 aromatic rings. The summed E-state index contributed by atoms with van der Waals surface area (Å²) < 4.78 is 40.4. The molecule has 0 atom stereocenters. The predicted molar refractivity (Wildman–Crippen MR) is 65.0 cm³/mol. The highest BCUT2D eigenvalue weighted by Gasteiger charge is 2.20. The predicted octanol–water partition coefficient (Wildman–Crippen LogP) is 2.81. The van der Waals surface area contributed by atoms with Crippen molar-refractivity contribution in [3.8, 4) is 11.3 Å². The zero-order valence-electron chi connectivity index (χ0n) is 10.0. The Kier molecular flexibility index (Phi) is 2.98. The van der Waals surface area contributed by atoms with Gasteiger partial charge in [-0.25, -0.2) is 13.2 Å². The van der Waals surface area contributed by atoms with Gasteiger partial charge >= 0.3 is 0 Å². The van der Waals surface area contributed by atoms with Crippen molar-refractivity contribution in [2.45, 2.75) is 13.0 Å². The van der Waals surface area contributed by atoms with E-state index in [9.17, 15) is 13.2 Å². The van der Waals surface area contributed by atoms with E-state index in [1.165, 1.54) is 12.1 Å². The molecule has 98 valence electrons. The lowest BCUT2D eigenvalue weighted by molar-refractivity contribution is 0.565. The Labute approximate surface area is 108 Å². The van der Waals surface area contributed by atoms with Gasteiger partial charge in [0.1, 0.15) is 17.3 Å². The van der Waals surface area contributed by atoms with Gasteiger partial charge in [0.05, 0.1) is 6.20 Å². The summed E-state index contributed by atoms with van der Waals surface area (Å²) in [6.07, 6.45) is 1.52. The zero-order chi connectivity index (χ0) is 13.4. The molecular weight excluding hydrogens is 253 g/mol. The Morgan fingerprint density at radius 1 is 1.05 bits per heavy atom. The molecule has 0 amide bonds. The Morgan fingerprint density at radius 3 is 2.68 bits per heavy atom. The fourth-order valence-electron chi connectivity index (χ4n) is 2.40. The van der Waals surface area contributed by atoms with Crippen molar-refractivity contribution in [1.29, 1.82) is 0 Å². The van der Waals surface area contributed by atoms with Crippen molar-refractivity contribution in [3.63, 3.8) is 0 Å². The zero-order valence-corrected chi connectivity index (χ0v) is 10.0. The molecule has 1 aliphatic rings. The summed E-state index contributed by atoms with van der Waals surface area (Å²) in [6.45, 7) is 1.15. The van der Waals surface area contributed by atoms with Gasteiger partial charge < -0.3 is 5.32 Å². The second-order valence-corrected chi connectivity index (χ2v) is 4.46. The minimum atomic E-state index is -0.737. The smallest absolute Gasteiger partial charge is 0.152 e. The highest BCUT2D eigenvalue weighted by Crippen LogP contribution is 2.30. The summed E-state index contributed by atoms with van der Waals surface area (Å²) in [7, 11) is 0. The van der Waals surface area contributed by atoms with E-state index in [-0.39, 0.29) is 11.5 Å². The normalized spacial score (nSPS) is 14.3. The molecule has 0 spiro atoms. The van der Waals surface area contributed by atoms with E-state index in [1.54, 1.807) is 0 Å². The Hall–Kier alpha value is -1.88. The van der Waals surface area contributed by atoms with Gasteiger partial charge in [0.15, 0.2) is 5.82 Å². The maximum Gasteiger partial charge on any atom is 0.152 e. The SMILES string of the molecule is Fc1cnc(-c2ccc(F)c3c2CNCC3)c(F)c1. The molecule has 19 heavy (non-hydrogen) atoms. The molecule has 0 bridgehead atoms. The van der Waals surface area contributed by atoms with Crippen molar-refractivity contribution in [2.75, 3.05) is 6.54 Å². The van der Waals surface area contributed by atoms with Gasteiger partial charge in [-0.1, -0.05) is 0 Å². The van der Waals surface area contributed by atoms with Crippen molar-refractivity contribution < 1.29 is 13.2 Å². The summed E-state index contributed by atoms with van der Waals surface area (Å²) in [5.74, 6) is -1.75. The molecule has 2 heterocycles. The maximum absolute atomic E-state index is 13.8. The van der Waals surface area contributed by atoms with Gasteiger partial charge in [-0.05, 0) is 36.2 Å². The second kappa shape index (κ2) is 4.66. The molecule has 1 aromatic carbocycles. The molecule has 2 nitrogen and oxygen atoms in total. The van der Waals surface area contributed by atoms with Gasteiger partial charge in [0.25, 0.3) is 0 Å². The minimum absolute atomic E-state index is 0.0568. The lowest BCUT2D eigenvalue weighted by Crippen LogP contribution is -2.25. The van der Waals surface area contributed by atoms with Crippen LogP contribution in [0.3, 0.4) is 0 Å². The average Bonchev–Trinajstić information content (AvgIpc) is 2.41. The van der Waals surface area contributed by atoms with E-state index in [4.69, 9.17) is 0 Å². The van der Waals surface area contributed by atoms with E-state index in [0.717, 1.165) is 12.3 Å². The number of hydrogen-bond acceptors (Lipinski definition) is 2. The summed E-state index contributed by atoms with van der Waals surface area (Å²) in [4.78, 5) is 3.79. The summed E-state index contributed by atoms with van der Waals surface area (Å²) in [5, 5.41) is 3.12. The van der Waals surface area contributed by atoms with Crippen LogP contribution in [0.2, 0.25) is 0 Å². The molecule has 0 saturated carbocycles. The van der Waals surface area contributed by atoms with Crippen LogP contribution in [0.4, 0.5) is 13.2 Å². The number of fused-ring (bicyclic) bond motifs is 1. The Bertz CT molecular complexity index is 641. The quantitative estimate of drug-likeness (QED) is 0.856. The topological polar surface area (TPSA) is 24.9 Å². The molecule has 1 N–H and O–H groups in total. The minimum Gasteiger partial charge on any atom is -0.312 e. The fourth-order valence-corrected chi connectivity index (χ4v) is 2.40. The van der Waals surface area contributed by atoms with Crippen LogP contribution in [0.25, 0.3) is 11.3 Å². The standard InChI is InChI=1S/C14H11F3N2/c15-8-5-13(17)14(19-6-8)10-1-2-12(16)9-3-4-18-7-11(9)10/h1-2,5-6,18H,3-4,7H2. The van der Waals surface area contributed by atoms with E-state index in [0.29, 0.717) is 36.2 Å². The van der Waals surface area contributed by atoms with Crippen LogP contribution >= 0.6 is 0 Å². The van der Waals surface area contributed by atoms with Crippen molar-refractivity contribution in [3.05, 3.63) is 53.0 Å². The van der Waals surface area contributed by atoms with Gasteiger partial charge in [0.2, 0.25) is 0 Å². The van der Waals surface area contributed by atoms with Crippen LogP contribution < -0.4 is 5.32 Å². The number of nitrogens with zero attached hydrogens (tertiary/aromatic N) is 1. The summed E-state index contributed by atoms with van der Waals surface area (Å²) >= 11 is 0. The van der Waals surface area contributed by atoms with Crippen LogP contribution in [0, 0.1) is 17.5 Å². The first-order chi connectivity index (χ1) is 9.16. The lowest BCUT2D eigenvalue weighted by Gasteiger charge is -2.21. The molecule has 1 aromatic heterocycles. The Balaban J connectivity index is 2.20. The van der Waals surface area contributed by atoms with Crippen LogP contribution in [0.1, 0.15) is 11.1 Å². The van der Waals surface area contributed by atoms with E-state index in [1.807, 2.05) is 0 Å². The first-order valence-corrected chi connectivity index (χ1v) is 5.99. The van der Waals surface area contributed by atoms with Crippen molar-refractivity contribution in [2.24, 2.45) is 0 Å². The van der Waals surface area contributed by atoms with Crippen molar-refractivity contribution in [1.82, 2.24) is 10.3 Å². The highest BCUT2D eigenvalue weighted by molar-refractivity contribution is 5.66. The number of hydrogen-bond donors (Lipinski definition) is 1. The maximum atomic E-state index is 13.8. The summed E-state index contributed by atoms with van der Waals surface area (Å²) in [5.41, 5.74) is 1.86. The molecule has 5 heteroatoms. The second-order valence-electron chi connectivity index (χ2n) is 4.46. The molecule has 0 fully saturated rings. The van der Waals surface area contributed by atoms with Crippen LogP contribution in [-0.4, -0.2) is 11.5 Å². The van der Waals surface area contributed by atoms with Crippen LogP contribution in [0.15, 0.2) is 24.4 Å². The third kappa shape index (κ3) is 2.10. The fraction of sp³-hybridized carbons (Fsp3) is 0.214. The molecule has 1 aliphatic heterocycles. The monoisotopic (exact) mass is 264 g/mol. The molecule has 0 aliphatic carbocycles. The van der Waals surface area contributed by atoms with Gasteiger partial charge in [0, 0.05) is 18.2 Å². The Morgan fingerprint density at radius 2 is 1.89 bits per heavy atom. The van der Waals surface area contributed by atoms with Crippen molar-refractivity contribution >= 4 is 0 Å². The number of halogens is 3. The van der Waals surface area contributed by atoms with E-state index < -0.39 is 11.6 Å². The van der Waals surface area contributed by atoms with Crippen LogP contribution in [0.5, 0.6) is 0 Å². The number of pyridine rings is 1. The van der Waals surface area contributed by atoms with Crippen LogP contribution in [-0.2, 0) is 13.0 Å². The first-order valence-electron chi connectivity index (χ1n) is 5.99. The molecule has 3 rings (SSSR count). The van der Waals surface area contributed by atoms with Gasteiger partial charge in [-0.2, -0.15) is 0 Å². The third-order valence-electron chi connectivity index (χ3n) is 3.29. The van der Waals surface area contributed by atoms with Gasteiger partial charge in [-0.15, -0.1) is 0 Å². The molecule has 0 saturated heterocycles. The van der Waals surface area contributed by atoms with E-state index in [2.05, 4.69) is 10.3 Å². The number of nitrogens with one attached hydrogen (secondary N) is 1. The lowest BCUT2D eigenvalue weighted by atomic mass is 9.93. The number of rotatable bonds is 1. The average molecular weight is 264 g/mol.